The normalized spacial score (nSPS) is 12.1. The second-order valence-electron chi connectivity index (χ2n) is 5.26. The summed E-state index contributed by atoms with van der Waals surface area (Å²) in [5.41, 5.74) is 0.800. The van der Waals surface area contributed by atoms with E-state index in [1.165, 1.54) is 15.8 Å². The van der Waals surface area contributed by atoms with Crippen molar-refractivity contribution in [3.8, 4) is 11.4 Å². The van der Waals surface area contributed by atoms with Crippen molar-refractivity contribution in [3.63, 3.8) is 0 Å². The molecule has 0 aliphatic rings. The predicted octanol–water partition coefficient (Wildman–Crippen LogP) is 2.20. The zero-order chi connectivity index (χ0) is 17.1. The molecule has 124 valence electrons. The Labute approximate surface area is 143 Å². The standard InChI is InChI=1S/C15H15ClN6O2/c1-10(22-8-12(16)7-18-22)15(23)21(2)9-13-19-14(20-24-13)11-3-5-17-6-4-11/h3-8,10H,9H2,1-2H3/t10-/m1/s1. The summed E-state index contributed by atoms with van der Waals surface area (Å²) in [6, 6.07) is 3.09. The maximum absolute atomic E-state index is 12.5. The molecule has 0 fully saturated rings. The highest BCUT2D eigenvalue weighted by Gasteiger charge is 2.22. The summed E-state index contributed by atoms with van der Waals surface area (Å²) in [6.45, 7) is 1.95. The minimum absolute atomic E-state index is 0.140. The minimum atomic E-state index is -0.481. The molecule has 24 heavy (non-hydrogen) atoms. The molecule has 9 heteroatoms. The van der Waals surface area contributed by atoms with Crippen molar-refractivity contribution in [3.05, 3.63) is 47.8 Å². The molecule has 0 N–H and O–H groups in total. The zero-order valence-electron chi connectivity index (χ0n) is 13.1. The Morgan fingerprint density at radius 3 is 2.83 bits per heavy atom. The molecule has 3 aromatic rings. The second-order valence-corrected chi connectivity index (χ2v) is 5.69. The van der Waals surface area contributed by atoms with Gasteiger partial charge in [0.25, 0.3) is 0 Å². The second kappa shape index (κ2) is 6.79. The van der Waals surface area contributed by atoms with E-state index in [2.05, 4.69) is 20.2 Å². The summed E-state index contributed by atoms with van der Waals surface area (Å²) in [5, 5.41) is 8.45. The van der Waals surface area contributed by atoms with Gasteiger partial charge >= 0.3 is 0 Å². The van der Waals surface area contributed by atoms with Crippen molar-refractivity contribution in [2.45, 2.75) is 19.5 Å². The first-order valence-electron chi connectivity index (χ1n) is 7.22. The summed E-state index contributed by atoms with van der Waals surface area (Å²) in [5.74, 6) is 0.668. The average Bonchev–Trinajstić information content (AvgIpc) is 3.23. The van der Waals surface area contributed by atoms with Crippen LogP contribution < -0.4 is 0 Å². The average molecular weight is 347 g/mol. The first kappa shape index (κ1) is 16.1. The Balaban J connectivity index is 1.67. The van der Waals surface area contributed by atoms with E-state index in [9.17, 15) is 4.79 Å². The molecule has 0 aliphatic carbocycles. The van der Waals surface area contributed by atoms with Crippen molar-refractivity contribution >= 4 is 17.5 Å². The van der Waals surface area contributed by atoms with Crippen LogP contribution in [0.1, 0.15) is 18.9 Å². The highest BCUT2D eigenvalue weighted by atomic mass is 35.5. The van der Waals surface area contributed by atoms with Gasteiger partial charge in [0.05, 0.1) is 17.8 Å². The van der Waals surface area contributed by atoms with Crippen LogP contribution in [-0.2, 0) is 11.3 Å². The van der Waals surface area contributed by atoms with Crippen molar-refractivity contribution in [2.24, 2.45) is 0 Å². The van der Waals surface area contributed by atoms with E-state index in [0.717, 1.165) is 5.56 Å². The van der Waals surface area contributed by atoms with Crippen LogP contribution in [0.15, 0.2) is 41.4 Å². The van der Waals surface area contributed by atoms with E-state index in [1.54, 1.807) is 44.7 Å². The Morgan fingerprint density at radius 2 is 2.17 bits per heavy atom. The van der Waals surface area contributed by atoms with Gasteiger partial charge in [0, 0.05) is 31.2 Å². The van der Waals surface area contributed by atoms with Crippen LogP contribution in [0.4, 0.5) is 0 Å². The van der Waals surface area contributed by atoms with Gasteiger partial charge in [-0.05, 0) is 19.1 Å². The number of aromatic nitrogens is 5. The van der Waals surface area contributed by atoms with Crippen LogP contribution in [0.25, 0.3) is 11.4 Å². The summed E-state index contributed by atoms with van der Waals surface area (Å²) in [7, 11) is 1.67. The van der Waals surface area contributed by atoms with E-state index in [4.69, 9.17) is 16.1 Å². The SMILES string of the molecule is C[C@H](C(=O)N(C)Cc1nc(-c2ccncc2)no1)n1cc(Cl)cn1. The minimum Gasteiger partial charge on any atom is -0.337 e. The first-order chi connectivity index (χ1) is 11.5. The number of hydrogen-bond donors (Lipinski definition) is 0. The molecule has 1 atom stereocenters. The summed E-state index contributed by atoms with van der Waals surface area (Å²) in [4.78, 5) is 22.2. The Bertz CT molecular complexity index is 831. The summed E-state index contributed by atoms with van der Waals surface area (Å²) >= 11 is 5.83. The lowest BCUT2D eigenvalue weighted by Gasteiger charge is -2.19. The number of likely N-dealkylation sites (N-methyl/N-ethyl adjacent to an activating group) is 1. The molecule has 3 aromatic heterocycles. The lowest BCUT2D eigenvalue weighted by atomic mass is 10.2. The van der Waals surface area contributed by atoms with Gasteiger partial charge in [0.2, 0.25) is 17.6 Å². The van der Waals surface area contributed by atoms with Crippen LogP contribution in [0.5, 0.6) is 0 Å². The van der Waals surface area contributed by atoms with Crippen LogP contribution in [0, 0.1) is 0 Å². The topological polar surface area (TPSA) is 89.9 Å². The van der Waals surface area contributed by atoms with E-state index in [-0.39, 0.29) is 12.5 Å². The number of halogens is 1. The van der Waals surface area contributed by atoms with Crippen LogP contribution >= 0.6 is 11.6 Å². The van der Waals surface area contributed by atoms with E-state index in [0.29, 0.717) is 16.7 Å². The molecule has 0 spiro atoms. The van der Waals surface area contributed by atoms with Gasteiger partial charge in [0.15, 0.2) is 0 Å². The Kier molecular flexibility index (Phi) is 4.57. The van der Waals surface area contributed by atoms with Crippen LogP contribution in [0.3, 0.4) is 0 Å². The molecule has 0 bridgehead atoms. The van der Waals surface area contributed by atoms with Crippen LogP contribution in [0.2, 0.25) is 5.02 Å². The maximum atomic E-state index is 12.5. The van der Waals surface area contributed by atoms with Gasteiger partial charge in [-0.25, -0.2) is 0 Å². The Morgan fingerprint density at radius 1 is 1.42 bits per heavy atom. The van der Waals surface area contributed by atoms with Gasteiger partial charge in [0.1, 0.15) is 6.04 Å². The molecule has 3 rings (SSSR count). The number of hydrogen-bond acceptors (Lipinski definition) is 6. The largest absolute Gasteiger partial charge is 0.337 e. The molecule has 0 unspecified atom stereocenters. The number of nitrogens with zero attached hydrogens (tertiary/aromatic N) is 6. The molecule has 0 aromatic carbocycles. The van der Waals surface area contributed by atoms with Crippen LogP contribution in [-0.4, -0.2) is 42.8 Å². The van der Waals surface area contributed by atoms with E-state index >= 15 is 0 Å². The van der Waals surface area contributed by atoms with E-state index < -0.39 is 6.04 Å². The quantitative estimate of drug-likeness (QED) is 0.703. The summed E-state index contributed by atoms with van der Waals surface area (Å²) in [6.07, 6.45) is 6.40. The number of carbonyl (C=O) groups is 1. The van der Waals surface area contributed by atoms with Crippen molar-refractivity contribution in [2.75, 3.05) is 7.05 Å². The molecule has 0 saturated carbocycles. The van der Waals surface area contributed by atoms with Gasteiger partial charge in [-0.2, -0.15) is 10.1 Å². The highest BCUT2D eigenvalue weighted by molar-refractivity contribution is 6.30. The predicted molar refractivity (Wildman–Crippen MR) is 86.0 cm³/mol. The third kappa shape index (κ3) is 3.43. The van der Waals surface area contributed by atoms with Gasteiger partial charge in [-0.15, -0.1) is 0 Å². The lowest BCUT2D eigenvalue weighted by molar-refractivity contribution is -0.134. The molecule has 0 radical (unpaired) electrons. The molecule has 3 heterocycles. The maximum Gasteiger partial charge on any atom is 0.247 e. The summed E-state index contributed by atoms with van der Waals surface area (Å²) < 4.78 is 6.72. The fourth-order valence-electron chi connectivity index (χ4n) is 2.18. The number of pyridine rings is 1. The lowest BCUT2D eigenvalue weighted by Crippen LogP contribution is -2.33. The van der Waals surface area contributed by atoms with E-state index in [1.807, 2.05) is 0 Å². The molecule has 1 amide bonds. The third-order valence-electron chi connectivity index (χ3n) is 3.48. The molecule has 0 aliphatic heterocycles. The van der Waals surface area contributed by atoms with Crippen molar-refractivity contribution in [1.82, 2.24) is 29.8 Å². The first-order valence-corrected chi connectivity index (χ1v) is 7.60. The van der Waals surface area contributed by atoms with Gasteiger partial charge in [-0.1, -0.05) is 16.8 Å². The molecular formula is C15H15ClN6O2. The number of carbonyl (C=O) groups excluding carboxylic acids is 1. The smallest absolute Gasteiger partial charge is 0.247 e. The van der Waals surface area contributed by atoms with Crippen molar-refractivity contribution in [1.29, 1.82) is 0 Å². The van der Waals surface area contributed by atoms with Crippen molar-refractivity contribution < 1.29 is 9.32 Å². The Hall–Kier alpha value is -2.74. The third-order valence-corrected chi connectivity index (χ3v) is 3.67. The number of amides is 1. The molecular weight excluding hydrogens is 332 g/mol. The molecule has 8 nitrogen and oxygen atoms in total. The monoisotopic (exact) mass is 346 g/mol. The fraction of sp³-hybridized carbons (Fsp3) is 0.267. The highest BCUT2D eigenvalue weighted by Crippen LogP contribution is 2.16. The fourth-order valence-corrected chi connectivity index (χ4v) is 2.32. The zero-order valence-corrected chi connectivity index (χ0v) is 13.9. The number of rotatable bonds is 5. The molecule has 0 saturated heterocycles. The van der Waals surface area contributed by atoms with Gasteiger partial charge < -0.3 is 9.42 Å². The van der Waals surface area contributed by atoms with Gasteiger partial charge in [-0.3, -0.25) is 14.5 Å².